The van der Waals surface area contributed by atoms with Crippen LogP contribution in [0.5, 0.6) is 0 Å². The normalized spacial score (nSPS) is 22.1. The number of hydrogen-bond acceptors (Lipinski definition) is 7. The van der Waals surface area contributed by atoms with Crippen molar-refractivity contribution >= 4 is 49.9 Å². The topological polar surface area (TPSA) is 114 Å². The first-order valence-corrected chi connectivity index (χ1v) is 22.5. The fraction of sp³-hybridized carbons (Fsp3) is 0.812. The Morgan fingerprint density at radius 1 is 1.22 bits per heavy atom. The van der Waals surface area contributed by atoms with Crippen LogP contribution in [0.15, 0.2) is 15.0 Å². The van der Waals surface area contributed by atoms with Crippen molar-refractivity contribution in [2.75, 3.05) is 25.5 Å². The first-order valence-electron chi connectivity index (χ1n) is 16.3. The number of nitrogens with one attached hydrogen (secondary N) is 1. The number of nitrogens with zero attached hydrogens (tertiary/aromatic N) is 3. The van der Waals surface area contributed by atoms with Gasteiger partial charge >= 0.3 is 0 Å². The van der Waals surface area contributed by atoms with Crippen molar-refractivity contribution in [1.29, 1.82) is 5.26 Å². The van der Waals surface area contributed by atoms with Crippen LogP contribution in [0.4, 0.5) is 4.39 Å². The van der Waals surface area contributed by atoms with Gasteiger partial charge < -0.3 is 9.47 Å². The second kappa shape index (κ2) is 14.8. The maximum absolute atomic E-state index is 17.0. The summed E-state index contributed by atoms with van der Waals surface area (Å²) in [5.74, 6) is -0.698. The molecular formula is C32H54BrFN4O4S2Si. The second-order valence-electron chi connectivity index (χ2n) is 14.6. The third-order valence-electron chi connectivity index (χ3n) is 9.75. The highest BCUT2D eigenvalue weighted by Gasteiger charge is 2.48. The van der Waals surface area contributed by atoms with Crippen molar-refractivity contribution < 1.29 is 22.3 Å². The minimum Gasteiger partial charge on any atom is -0.353 e. The summed E-state index contributed by atoms with van der Waals surface area (Å²) in [6, 6.07) is 6.58. The molecule has 13 heteroatoms. The average Bonchev–Trinajstić information content (AvgIpc) is 3.77. The van der Waals surface area contributed by atoms with Gasteiger partial charge in [-0.3, -0.25) is 0 Å². The van der Waals surface area contributed by atoms with Gasteiger partial charge in [-0.25, -0.2) is 26.9 Å². The van der Waals surface area contributed by atoms with E-state index in [1.54, 1.807) is 26.8 Å². The molecule has 45 heavy (non-hydrogen) atoms. The van der Waals surface area contributed by atoms with Crippen molar-refractivity contribution in [3.8, 4) is 6.07 Å². The molecule has 4 atom stereocenters. The zero-order chi connectivity index (χ0) is 33.9. The van der Waals surface area contributed by atoms with Gasteiger partial charge in [0, 0.05) is 12.0 Å². The van der Waals surface area contributed by atoms with Crippen LogP contribution in [0.2, 0.25) is 18.1 Å². The van der Waals surface area contributed by atoms with E-state index in [0.29, 0.717) is 23.0 Å². The molecule has 0 spiro atoms. The Hall–Kier alpha value is -0.753. The molecule has 3 rings (SSSR count). The lowest BCUT2D eigenvalue weighted by molar-refractivity contribution is -0.170. The van der Waals surface area contributed by atoms with Crippen LogP contribution < -0.4 is 9.91 Å². The van der Waals surface area contributed by atoms with E-state index >= 15 is 8.60 Å². The van der Waals surface area contributed by atoms with Crippen LogP contribution >= 0.6 is 15.9 Å². The van der Waals surface area contributed by atoms with Crippen LogP contribution in [0.25, 0.3) is 0 Å². The Morgan fingerprint density at radius 2 is 1.84 bits per heavy atom. The summed E-state index contributed by atoms with van der Waals surface area (Å²) in [7, 11) is -7.29. The summed E-state index contributed by atoms with van der Waals surface area (Å²) in [6.07, 6.45) is 4.46. The van der Waals surface area contributed by atoms with Gasteiger partial charge in [-0.2, -0.15) is 5.26 Å². The smallest absolute Gasteiger partial charge is 0.157 e. The lowest BCUT2D eigenvalue weighted by atomic mass is 10.0. The SMILES string of the molecule is CC[Si](CC)(CC)c1cc(Br)nc([C@](C)(CS(=O)(=NCC2(COC3CCCCO3)CC2)C(C)(C)C#N)N[S@](=O)C(C)(C)C)c1F. The summed E-state index contributed by atoms with van der Waals surface area (Å²) < 4.78 is 64.0. The van der Waals surface area contributed by atoms with E-state index in [1.807, 2.05) is 20.8 Å². The number of rotatable bonds is 15. The summed E-state index contributed by atoms with van der Waals surface area (Å²) in [4.78, 5) is 4.63. The summed E-state index contributed by atoms with van der Waals surface area (Å²) in [6.45, 7) is 18.1. The predicted molar refractivity (Wildman–Crippen MR) is 188 cm³/mol. The zero-order valence-corrected chi connectivity index (χ0v) is 32.9. The minimum absolute atomic E-state index is 0.0484. The fourth-order valence-corrected chi connectivity index (χ4v) is 13.5. The molecule has 0 amide bonds. The lowest BCUT2D eigenvalue weighted by Crippen LogP contribution is -2.55. The Kier molecular flexibility index (Phi) is 12.7. The van der Waals surface area contributed by atoms with E-state index in [9.17, 15) is 9.47 Å². The maximum Gasteiger partial charge on any atom is 0.157 e. The minimum atomic E-state index is -3.38. The molecule has 1 aliphatic carbocycles. The highest BCUT2D eigenvalue weighted by Crippen LogP contribution is 2.47. The number of hydrogen-bond donors (Lipinski definition) is 1. The van der Waals surface area contributed by atoms with E-state index in [4.69, 9.17) is 13.8 Å². The highest BCUT2D eigenvalue weighted by atomic mass is 79.9. The van der Waals surface area contributed by atoms with Gasteiger partial charge in [-0.1, -0.05) is 38.9 Å². The van der Waals surface area contributed by atoms with Crippen LogP contribution in [0.1, 0.15) is 100 Å². The third kappa shape index (κ3) is 8.84. The van der Waals surface area contributed by atoms with Crippen molar-refractivity contribution in [3.05, 3.63) is 22.2 Å². The monoisotopic (exact) mass is 748 g/mol. The largest absolute Gasteiger partial charge is 0.353 e. The molecule has 2 fully saturated rings. The number of aromatic nitrogens is 1. The van der Waals surface area contributed by atoms with Crippen LogP contribution in [0, 0.1) is 22.6 Å². The summed E-state index contributed by atoms with van der Waals surface area (Å²) in [5.41, 5.74) is -1.70. The Morgan fingerprint density at radius 3 is 2.33 bits per heavy atom. The van der Waals surface area contributed by atoms with Crippen LogP contribution in [-0.2, 0) is 35.7 Å². The fourth-order valence-electron chi connectivity index (χ4n) is 5.80. The standard InChI is InChI=1S/C32H54BrFN4O4S2Si/c1-10-45(11-2,12-3)24-19-25(33)37-28(27(24)34)31(9,38-43(39)29(4,5)6)23-44(40,30(7,8)20-35)36-21-32(16-17-32)22-42-26-15-13-14-18-41-26/h19,26,38H,10-18,21-23H2,1-9H3/t26?,31-,43+,44?/m0/s1. The van der Waals surface area contributed by atoms with Crippen LogP contribution in [0.3, 0.4) is 0 Å². The van der Waals surface area contributed by atoms with Gasteiger partial charge in [0.15, 0.2) is 6.29 Å². The molecule has 1 saturated heterocycles. The van der Waals surface area contributed by atoms with Crippen LogP contribution in [-0.4, -0.2) is 62.8 Å². The molecule has 256 valence electrons. The van der Waals surface area contributed by atoms with Gasteiger partial charge in [0.05, 0.1) is 69.7 Å². The van der Waals surface area contributed by atoms with Crippen molar-refractivity contribution in [2.24, 2.45) is 9.78 Å². The molecule has 1 aromatic heterocycles. The van der Waals surface area contributed by atoms with Gasteiger partial charge in [-0.05, 0) is 101 Å². The number of ether oxygens (including phenoxy) is 2. The first kappa shape index (κ1) is 38.7. The third-order valence-corrected chi connectivity index (χ3v) is 20.7. The van der Waals surface area contributed by atoms with E-state index in [1.165, 1.54) is 0 Å². The predicted octanol–water partition coefficient (Wildman–Crippen LogP) is 7.06. The molecule has 1 aromatic rings. The summed E-state index contributed by atoms with van der Waals surface area (Å²) >= 11 is 3.54. The van der Waals surface area contributed by atoms with E-state index in [-0.39, 0.29) is 29.7 Å². The van der Waals surface area contributed by atoms with Crippen molar-refractivity contribution in [2.45, 2.75) is 134 Å². The van der Waals surface area contributed by atoms with E-state index < -0.39 is 49.6 Å². The van der Waals surface area contributed by atoms with Gasteiger partial charge in [0.1, 0.15) is 15.2 Å². The summed E-state index contributed by atoms with van der Waals surface area (Å²) in [5, 5.41) is 10.9. The quantitative estimate of drug-likeness (QED) is 0.152. The molecule has 0 radical (unpaired) electrons. The van der Waals surface area contributed by atoms with Crippen molar-refractivity contribution in [1.82, 2.24) is 9.71 Å². The molecule has 2 aliphatic rings. The van der Waals surface area contributed by atoms with Gasteiger partial charge in [-0.15, -0.1) is 0 Å². The zero-order valence-electron chi connectivity index (χ0n) is 28.7. The lowest BCUT2D eigenvalue weighted by Gasteiger charge is -2.38. The molecule has 0 aromatic carbocycles. The molecule has 2 heterocycles. The van der Waals surface area contributed by atoms with Gasteiger partial charge in [0.25, 0.3) is 0 Å². The highest BCUT2D eigenvalue weighted by molar-refractivity contribution is 9.10. The molecule has 1 aliphatic heterocycles. The second-order valence-corrected chi connectivity index (χ2v) is 25.5. The van der Waals surface area contributed by atoms with Crippen molar-refractivity contribution in [3.63, 3.8) is 0 Å². The number of pyridine rings is 1. The maximum atomic E-state index is 17.0. The number of halogens is 2. The molecule has 2 unspecified atom stereocenters. The average molecular weight is 750 g/mol. The molecule has 1 saturated carbocycles. The molecular weight excluding hydrogens is 695 g/mol. The Bertz CT molecular complexity index is 1380. The van der Waals surface area contributed by atoms with E-state index in [2.05, 4.69) is 52.5 Å². The number of nitriles is 1. The van der Waals surface area contributed by atoms with E-state index in [0.717, 1.165) is 50.2 Å². The first-order chi connectivity index (χ1) is 20.9. The van der Waals surface area contributed by atoms with Gasteiger partial charge in [0.2, 0.25) is 0 Å². The molecule has 8 nitrogen and oxygen atoms in total. The Labute approximate surface area is 283 Å². The molecule has 1 N–H and O–H groups in total. The molecule has 0 bridgehead atoms. The Balaban J connectivity index is 2.14.